The van der Waals surface area contributed by atoms with Crippen molar-refractivity contribution in [1.29, 1.82) is 0 Å². The van der Waals surface area contributed by atoms with E-state index in [0.29, 0.717) is 30.2 Å². The molecule has 0 radical (unpaired) electrons. The van der Waals surface area contributed by atoms with Gasteiger partial charge in [-0.05, 0) is 42.3 Å². The van der Waals surface area contributed by atoms with E-state index in [4.69, 9.17) is 10.5 Å². The van der Waals surface area contributed by atoms with Gasteiger partial charge >= 0.3 is 5.97 Å². The Bertz CT molecular complexity index is 1210. The third-order valence-electron chi connectivity index (χ3n) is 5.52. The molecule has 8 nitrogen and oxygen atoms in total. The SMILES string of the molecule is CCOC(=O)C1=Cc2ccc(-c3cccc(S(=O)(=O)N4CC(CO)C4)c3)cc2N=C(N)C1. The summed E-state index contributed by atoms with van der Waals surface area (Å²) in [6, 6.07) is 12.2. The Morgan fingerprint density at radius 2 is 1.97 bits per heavy atom. The fourth-order valence-electron chi connectivity index (χ4n) is 3.74. The van der Waals surface area contributed by atoms with E-state index in [0.717, 1.165) is 16.7 Å². The van der Waals surface area contributed by atoms with Crippen molar-refractivity contribution in [3.8, 4) is 11.1 Å². The molecule has 32 heavy (non-hydrogen) atoms. The highest BCUT2D eigenvalue weighted by Gasteiger charge is 2.36. The number of ether oxygens (including phenoxy) is 1. The minimum Gasteiger partial charge on any atom is -0.463 e. The molecule has 168 valence electrons. The number of benzene rings is 2. The molecule has 0 atom stereocenters. The second kappa shape index (κ2) is 8.85. The summed E-state index contributed by atoms with van der Waals surface area (Å²) in [6.07, 6.45) is 1.92. The van der Waals surface area contributed by atoms with Crippen LogP contribution in [0.3, 0.4) is 0 Å². The predicted molar refractivity (Wildman–Crippen MR) is 122 cm³/mol. The van der Waals surface area contributed by atoms with Crippen LogP contribution in [0.2, 0.25) is 0 Å². The Kier molecular flexibility index (Phi) is 6.14. The quantitative estimate of drug-likeness (QED) is 0.645. The van der Waals surface area contributed by atoms with Gasteiger partial charge in [0.15, 0.2) is 0 Å². The number of carbonyl (C=O) groups is 1. The van der Waals surface area contributed by atoms with Crippen molar-refractivity contribution < 1.29 is 23.1 Å². The summed E-state index contributed by atoms with van der Waals surface area (Å²) >= 11 is 0. The second-order valence-corrected chi connectivity index (χ2v) is 9.78. The first-order chi connectivity index (χ1) is 15.3. The number of rotatable bonds is 6. The van der Waals surface area contributed by atoms with E-state index in [9.17, 15) is 18.3 Å². The van der Waals surface area contributed by atoms with Crippen molar-refractivity contribution in [2.45, 2.75) is 18.2 Å². The van der Waals surface area contributed by atoms with Crippen molar-refractivity contribution in [3.63, 3.8) is 0 Å². The van der Waals surface area contributed by atoms with Crippen LogP contribution in [0.5, 0.6) is 0 Å². The summed E-state index contributed by atoms with van der Waals surface area (Å²) < 4.78 is 32.2. The van der Waals surface area contributed by atoms with Crippen LogP contribution in [0, 0.1) is 5.92 Å². The number of carbonyl (C=O) groups excluding carboxylic acids is 1. The maximum atomic E-state index is 12.9. The summed E-state index contributed by atoms with van der Waals surface area (Å²) in [5.74, 6) is -0.129. The molecule has 9 heteroatoms. The van der Waals surface area contributed by atoms with Gasteiger partial charge in [0.05, 0.1) is 17.2 Å². The monoisotopic (exact) mass is 455 g/mol. The van der Waals surface area contributed by atoms with E-state index in [1.165, 1.54) is 4.31 Å². The number of amidine groups is 1. The zero-order valence-electron chi connectivity index (χ0n) is 17.7. The average Bonchev–Trinajstić information content (AvgIpc) is 2.90. The molecule has 2 heterocycles. The minimum absolute atomic E-state index is 0.00610. The van der Waals surface area contributed by atoms with Gasteiger partial charge in [-0.15, -0.1) is 0 Å². The van der Waals surface area contributed by atoms with Crippen LogP contribution in [0.15, 0.2) is 57.9 Å². The van der Waals surface area contributed by atoms with E-state index in [-0.39, 0.29) is 30.4 Å². The summed E-state index contributed by atoms with van der Waals surface area (Å²) in [5.41, 5.74) is 9.29. The third-order valence-corrected chi connectivity index (χ3v) is 7.35. The maximum Gasteiger partial charge on any atom is 0.334 e. The average molecular weight is 456 g/mol. The fraction of sp³-hybridized carbons (Fsp3) is 0.304. The van der Waals surface area contributed by atoms with Crippen molar-refractivity contribution in [1.82, 2.24) is 4.31 Å². The van der Waals surface area contributed by atoms with Crippen molar-refractivity contribution in [2.75, 3.05) is 26.3 Å². The number of hydrogen-bond donors (Lipinski definition) is 2. The lowest BCUT2D eigenvalue weighted by Crippen LogP contribution is -2.51. The van der Waals surface area contributed by atoms with Gasteiger partial charge in [-0.25, -0.2) is 18.2 Å². The van der Waals surface area contributed by atoms with Crippen molar-refractivity contribution in [3.05, 3.63) is 53.6 Å². The molecule has 2 aromatic carbocycles. The number of fused-ring (bicyclic) bond motifs is 1. The fourth-order valence-corrected chi connectivity index (χ4v) is 5.38. The molecule has 4 rings (SSSR count). The smallest absolute Gasteiger partial charge is 0.334 e. The highest BCUT2D eigenvalue weighted by molar-refractivity contribution is 7.89. The first-order valence-corrected chi connectivity index (χ1v) is 11.8. The molecule has 0 saturated carbocycles. The van der Waals surface area contributed by atoms with Crippen LogP contribution in [0.1, 0.15) is 18.9 Å². The van der Waals surface area contributed by atoms with E-state index in [1.54, 1.807) is 31.2 Å². The van der Waals surface area contributed by atoms with Gasteiger partial charge in [0.1, 0.15) is 5.84 Å². The van der Waals surface area contributed by atoms with Gasteiger partial charge in [0.2, 0.25) is 10.0 Å². The number of nitrogens with two attached hydrogens (primary N) is 1. The lowest BCUT2D eigenvalue weighted by Gasteiger charge is -2.36. The van der Waals surface area contributed by atoms with E-state index in [2.05, 4.69) is 4.99 Å². The predicted octanol–water partition coefficient (Wildman–Crippen LogP) is 2.31. The molecule has 0 amide bonds. The van der Waals surface area contributed by atoms with Gasteiger partial charge in [0, 0.05) is 43.2 Å². The molecule has 2 aliphatic rings. The first kappa shape index (κ1) is 22.2. The molecular weight excluding hydrogens is 430 g/mol. The topological polar surface area (TPSA) is 122 Å². The van der Waals surface area contributed by atoms with Crippen LogP contribution < -0.4 is 5.73 Å². The zero-order valence-corrected chi connectivity index (χ0v) is 18.5. The number of aliphatic imine (C=N–C) groups is 1. The maximum absolute atomic E-state index is 12.9. The van der Waals surface area contributed by atoms with Crippen LogP contribution in [-0.4, -0.2) is 55.9 Å². The molecule has 2 aliphatic heterocycles. The largest absolute Gasteiger partial charge is 0.463 e. The van der Waals surface area contributed by atoms with Gasteiger partial charge in [-0.3, -0.25) is 0 Å². The Labute approximate surface area is 187 Å². The Morgan fingerprint density at radius 1 is 1.22 bits per heavy atom. The molecule has 0 aliphatic carbocycles. The Balaban J connectivity index is 1.66. The first-order valence-electron chi connectivity index (χ1n) is 10.4. The molecule has 0 aromatic heterocycles. The molecule has 0 spiro atoms. The van der Waals surface area contributed by atoms with Crippen molar-refractivity contribution in [2.24, 2.45) is 16.6 Å². The van der Waals surface area contributed by atoms with Crippen LogP contribution in [0.25, 0.3) is 17.2 Å². The second-order valence-electron chi connectivity index (χ2n) is 7.84. The highest BCUT2D eigenvalue weighted by atomic mass is 32.2. The number of hydrogen-bond acceptors (Lipinski definition) is 7. The number of aliphatic hydroxyl groups excluding tert-OH is 1. The molecule has 0 bridgehead atoms. The number of aliphatic hydroxyl groups is 1. The van der Waals surface area contributed by atoms with Crippen molar-refractivity contribution >= 4 is 33.6 Å². The summed E-state index contributed by atoms with van der Waals surface area (Å²) in [4.78, 5) is 16.8. The summed E-state index contributed by atoms with van der Waals surface area (Å²) in [5, 5.41) is 9.17. The summed E-state index contributed by atoms with van der Waals surface area (Å²) in [7, 11) is -3.62. The van der Waals surface area contributed by atoms with E-state index >= 15 is 0 Å². The lowest BCUT2D eigenvalue weighted by molar-refractivity contribution is -0.138. The Morgan fingerprint density at radius 3 is 2.69 bits per heavy atom. The highest BCUT2D eigenvalue weighted by Crippen LogP contribution is 2.33. The van der Waals surface area contributed by atoms with Gasteiger partial charge < -0.3 is 15.6 Å². The lowest BCUT2D eigenvalue weighted by atomic mass is 10.0. The molecule has 1 fully saturated rings. The van der Waals surface area contributed by atoms with Gasteiger partial charge in [-0.2, -0.15) is 4.31 Å². The third kappa shape index (κ3) is 4.32. The summed E-state index contributed by atoms with van der Waals surface area (Å²) in [6.45, 7) is 2.65. The van der Waals surface area contributed by atoms with Crippen LogP contribution in [-0.2, 0) is 19.6 Å². The number of sulfonamides is 1. The molecule has 1 saturated heterocycles. The van der Waals surface area contributed by atoms with E-state index < -0.39 is 16.0 Å². The van der Waals surface area contributed by atoms with Gasteiger partial charge in [0.25, 0.3) is 0 Å². The molecular formula is C23H25N3O5S. The number of nitrogens with zero attached hydrogens (tertiary/aromatic N) is 2. The van der Waals surface area contributed by atoms with Crippen LogP contribution in [0.4, 0.5) is 5.69 Å². The molecule has 2 aromatic rings. The standard InChI is InChI=1S/C23H25N3O5S/c1-2-31-23(28)19-8-18-7-6-17(10-21(18)25-22(24)11-19)16-4-3-5-20(9-16)32(29,30)26-12-15(13-26)14-27/h3-10,15,27H,2,11-14H2,1H3,(H2,24,25). The zero-order chi connectivity index (χ0) is 22.9. The minimum atomic E-state index is -3.62. The van der Waals surface area contributed by atoms with Crippen LogP contribution >= 0.6 is 0 Å². The number of esters is 1. The molecule has 3 N–H and O–H groups in total. The Hall–Kier alpha value is -3.01. The molecule has 0 unspecified atom stereocenters. The normalized spacial score (nSPS) is 16.9. The van der Waals surface area contributed by atoms with E-state index in [1.807, 2.05) is 24.3 Å². The van der Waals surface area contributed by atoms with Gasteiger partial charge in [-0.1, -0.05) is 24.3 Å².